The molecule has 0 heterocycles. The second kappa shape index (κ2) is 5.59. The van der Waals surface area contributed by atoms with Gasteiger partial charge in [-0.2, -0.15) is 0 Å². The van der Waals surface area contributed by atoms with E-state index in [2.05, 4.69) is 0 Å². The molecule has 4 heteroatoms. The van der Waals surface area contributed by atoms with Crippen LogP contribution in [0.25, 0.3) is 0 Å². The minimum atomic E-state index is -1.47. The van der Waals surface area contributed by atoms with E-state index in [0.717, 1.165) is 0 Å². The van der Waals surface area contributed by atoms with Gasteiger partial charge in [-0.1, -0.05) is 24.3 Å². The minimum Gasteiger partial charge on any atom is -0.479 e. The van der Waals surface area contributed by atoms with Crippen LogP contribution in [-0.4, -0.2) is 17.7 Å². The lowest BCUT2D eigenvalue weighted by Crippen LogP contribution is -2.35. The molecule has 0 aliphatic heterocycles. The molecule has 0 saturated heterocycles. The van der Waals surface area contributed by atoms with Gasteiger partial charge in [-0.3, -0.25) is 0 Å². The molecular formula is C13H15FO3. The first kappa shape index (κ1) is 13.4. The molecule has 0 radical (unpaired) electrons. The average Bonchev–Trinajstić information content (AvgIpc) is 2.29. The minimum absolute atomic E-state index is 0.191. The Kier molecular flexibility index (Phi) is 4.40. The maximum atomic E-state index is 12.8. The Hall–Kier alpha value is -1.68. The number of hydrogen-bond acceptors (Lipinski definition) is 2. The van der Waals surface area contributed by atoms with Crippen molar-refractivity contribution in [2.75, 3.05) is 6.61 Å². The first-order valence-electron chi connectivity index (χ1n) is 5.25. The first-order valence-corrected chi connectivity index (χ1v) is 5.25. The quantitative estimate of drug-likeness (QED) is 0.802. The number of benzene rings is 1. The van der Waals surface area contributed by atoms with Crippen LogP contribution in [0.4, 0.5) is 4.39 Å². The van der Waals surface area contributed by atoms with E-state index in [1.807, 2.05) is 6.92 Å². The van der Waals surface area contributed by atoms with Crippen LogP contribution in [0.3, 0.4) is 0 Å². The van der Waals surface area contributed by atoms with Crippen LogP contribution in [0.5, 0.6) is 0 Å². The third-order valence-corrected chi connectivity index (χ3v) is 2.51. The van der Waals surface area contributed by atoms with Crippen molar-refractivity contribution in [2.24, 2.45) is 0 Å². The molecule has 92 valence electrons. The number of aliphatic carboxylic acids is 1. The highest BCUT2D eigenvalue weighted by atomic mass is 19.1. The van der Waals surface area contributed by atoms with Gasteiger partial charge < -0.3 is 9.84 Å². The zero-order valence-electron chi connectivity index (χ0n) is 9.81. The van der Waals surface area contributed by atoms with E-state index < -0.39 is 17.4 Å². The molecule has 0 aliphatic carbocycles. The summed E-state index contributed by atoms with van der Waals surface area (Å²) in [5, 5.41) is 9.21. The standard InChI is InChI=1S/C13H15FO3/c1-3-4-9-17-13(2,12(15)16)10-5-7-11(14)8-6-10/h3-8H,9H2,1-2H3,(H,15,16). The lowest BCUT2D eigenvalue weighted by Gasteiger charge is -2.25. The maximum Gasteiger partial charge on any atom is 0.340 e. The Bertz CT molecular complexity index is 411. The third kappa shape index (κ3) is 3.14. The molecule has 1 aromatic rings. The lowest BCUT2D eigenvalue weighted by atomic mass is 9.96. The first-order chi connectivity index (χ1) is 8.00. The van der Waals surface area contributed by atoms with Gasteiger partial charge in [0.2, 0.25) is 0 Å². The topological polar surface area (TPSA) is 46.5 Å². The molecule has 0 spiro atoms. The SMILES string of the molecule is CC=CCOC(C)(C(=O)O)c1ccc(F)cc1. The van der Waals surface area contributed by atoms with Gasteiger partial charge in [-0.25, -0.2) is 9.18 Å². The van der Waals surface area contributed by atoms with Crippen molar-refractivity contribution in [1.29, 1.82) is 0 Å². The molecular weight excluding hydrogens is 223 g/mol. The number of rotatable bonds is 5. The van der Waals surface area contributed by atoms with Crippen molar-refractivity contribution in [2.45, 2.75) is 19.4 Å². The van der Waals surface area contributed by atoms with Crippen LogP contribution in [0, 0.1) is 5.82 Å². The van der Waals surface area contributed by atoms with Crippen molar-refractivity contribution in [3.63, 3.8) is 0 Å². The third-order valence-electron chi connectivity index (χ3n) is 2.51. The highest BCUT2D eigenvalue weighted by Crippen LogP contribution is 2.26. The van der Waals surface area contributed by atoms with Crippen LogP contribution in [0.2, 0.25) is 0 Å². The number of carbonyl (C=O) groups is 1. The molecule has 0 amide bonds. The summed E-state index contributed by atoms with van der Waals surface area (Å²) in [4.78, 5) is 11.3. The zero-order valence-corrected chi connectivity index (χ0v) is 9.81. The number of carboxylic acid groups (broad SMARTS) is 1. The normalized spacial score (nSPS) is 14.8. The number of halogens is 1. The van der Waals surface area contributed by atoms with Gasteiger partial charge in [0.1, 0.15) is 5.82 Å². The van der Waals surface area contributed by atoms with Crippen LogP contribution in [0.1, 0.15) is 19.4 Å². The van der Waals surface area contributed by atoms with Crippen LogP contribution in [-0.2, 0) is 15.1 Å². The van der Waals surface area contributed by atoms with Crippen molar-refractivity contribution in [3.8, 4) is 0 Å². The lowest BCUT2D eigenvalue weighted by molar-refractivity contribution is -0.163. The molecule has 0 saturated carbocycles. The predicted molar refractivity (Wildman–Crippen MR) is 62.2 cm³/mol. The largest absolute Gasteiger partial charge is 0.479 e. The molecule has 0 bridgehead atoms. The van der Waals surface area contributed by atoms with E-state index in [9.17, 15) is 14.3 Å². The summed E-state index contributed by atoms with van der Waals surface area (Å²) in [5.74, 6) is -1.51. The van der Waals surface area contributed by atoms with Crippen molar-refractivity contribution < 1.29 is 19.0 Å². The Labute approximate surface area is 99.5 Å². The summed E-state index contributed by atoms with van der Waals surface area (Å²) < 4.78 is 18.1. The highest BCUT2D eigenvalue weighted by Gasteiger charge is 2.36. The van der Waals surface area contributed by atoms with Gasteiger partial charge in [-0.05, 0) is 31.5 Å². The molecule has 1 rings (SSSR count). The summed E-state index contributed by atoms with van der Waals surface area (Å²) >= 11 is 0. The molecule has 0 fully saturated rings. The van der Waals surface area contributed by atoms with Crippen LogP contribution >= 0.6 is 0 Å². The van der Waals surface area contributed by atoms with E-state index in [-0.39, 0.29) is 6.61 Å². The van der Waals surface area contributed by atoms with Crippen molar-refractivity contribution in [1.82, 2.24) is 0 Å². The molecule has 0 aromatic heterocycles. The van der Waals surface area contributed by atoms with E-state index in [4.69, 9.17) is 4.74 Å². The van der Waals surface area contributed by atoms with Gasteiger partial charge >= 0.3 is 5.97 Å². The molecule has 0 aliphatic rings. The van der Waals surface area contributed by atoms with Gasteiger partial charge in [0.15, 0.2) is 5.60 Å². The molecule has 3 nitrogen and oxygen atoms in total. The van der Waals surface area contributed by atoms with E-state index >= 15 is 0 Å². The average molecular weight is 238 g/mol. The fraction of sp³-hybridized carbons (Fsp3) is 0.308. The fourth-order valence-electron chi connectivity index (χ4n) is 1.35. The Balaban J connectivity index is 2.98. The Morgan fingerprint density at radius 2 is 2.06 bits per heavy atom. The van der Waals surface area contributed by atoms with E-state index in [1.165, 1.54) is 31.2 Å². The number of ether oxygens (including phenoxy) is 1. The van der Waals surface area contributed by atoms with Gasteiger partial charge in [0.25, 0.3) is 0 Å². The molecule has 17 heavy (non-hydrogen) atoms. The van der Waals surface area contributed by atoms with Crippen molar-refractivity contribution in [3.05, 3.63) is 47.8 Å². The summed E-state index contributed by atoms with van der Waals surface area (Å²) in [6.07, 6.45) is 3.48. The van der Waals surface area contributed by atoms with Gasteiger partial charge in [0.05, 0.1) is 6.61 Å². The van der Waals surface area contributed by atoms with Crippen LogP contribution < -0.4 is 0 Å². The van der Waals surface area contributed by atoms with Gasteiger partial charge in [-0.15, -0.1) is 0 Å². The smallest absolute Gasteiger partial charge is 0.340 e. The van der Waals surface area contributed by atoms with Crippen molar-refractivity contribution >= 4 is 5.97 Å². The summed E-state index contributed by atoms with van der Waals surface area (Å²) in [5.41, 5.74) is -1.05. The molecule has 1 aromatic carbocycles. The Morgan fingerprint density at radius 1 is 1.47 bits per heavy atom. The fourth-order valence-corrected chi connectivity index (χ4v) is 1.35. The number of carboxylic acids is 1. The maximum absolute atomic E-state index is 12.8. The van der Waals surface area contributed by atoms with Gasteiger partial charge in [0, 0.05) is 0 Å². The monoisotopic (exact) mass is 238 g/mol. The summed E-state index contributed by atoms with van der Waals surface area (Å²) in [7, 11) is 0. The number of allylic oxidation sites excluding steroid dienone is 1. The second-order valence-corrected chi connectivity index (χ2v) is 3.73. The van der Waals surface area contributed by atoms with E-state index in [0.29, 0.717) is 5.56 Å². The molecule has 1 atom stereocenters. The highest BCUT2D eigenvalue weighted by molar-refractivity contribution is 5.78. The van der Waals surface area contributed by atoms with Crippen LogP contribution in [0.15, 0.2) is 36.4 Å². The van der Waals surface area contributed by atoms with E-state index in [1.54, 1.807) is 12.2 Å². The summed E-state index contributed by atoms with van der Waals surface area (Å²) in [6.45, 7) is 3.46. The summed E-state index contributed by atoms with van der Waals surface area (Å²) in [6, 6.07) is 5.27. The molecule has 1 unspecified atom stereocenters. The number of hydrogen-bond donors (Lipinski definition) is 1. The zero-order chi connectivity index (χ0) is 12.9. The Morgan fingerprint density at radius 3 is 2.53 bits per heavy atom. The molecule has 1 N–H and O–H groups in total. The predicted octanol–water partition coefficient (Wildman–Crippen LogP) is 2.72. The second-order valence-electron chi connectivity index (χ2n) is 3.73.